The monoisotopic (exact) mass is 497 g/mol. The van der Waals surface area contributed by atoms with Gasteiger partial charge in [-0.1, -0.05) is 18.3 Å². The number of hydrogen-bond acceptors (Lipinski definition) is 7. The van der Waals surface area contributed by atoms with E-state index in [9.17, 15) is 21.6 Å². The van der Waals surface area contributed by atoms with Gasteiger partial charge in [0.05, 0.1) is 32.4 Å². The van der Waals surface area contributed by atoms with E-state index in [1.165, 1.54) is 36.4 Å². The molecule has 3 rings (SSSR count). The van der Waals surface area contributed by atoms with E-state index in [0.29, 0.717) is 34.8 Å². The van der Waals surface area contributed by atoms with E-state index in [4.69, 9.17) is 9.88 Å². The molecule has 0 saturated heterocycles. The van der Waals surface area contributed by atoms with E-state index in [1.807, 2.05) is 6.92 Å². The van der Waals surface area contributed by atoms with Crippen LogP contribution in [0.3, 0.4) is 0 Å². The lowest BCUT2D eigenvalue weighted by Gasteiger charge is -2.06. The molecule has 9 nitrogen and oxygen atoms in total. The zero-order chi connectivity index (χ0) is 23.5. The van der Waals surface area contributed by atoms with Crippen LogP contribution < -0.4 is 9.94 Å². The lowest BCUT2D eigenvalue weighted by atomic mass is 10.2. The number of carbonyl (C=O) groups excluding carboxylic acids is 1. The zero-order valence-corrected chi connectivity index (χ0v) is 20.0. The first-order valence-electron chi connectivity index (χ1n) is 9.72. The number of aromatic nitrogens is 1. The third-order valence-corrected chi connectivity index (χ3v) is 8.39. The van der Waals surface area contributed by atoms with Gasteiger partial charge in [0.1, 0.15) is 0 Å². The summed E-state index contributed by atoms with van der Waals surface area (Å²) in [6.45, 7) is 4.72. The molecule has 0 fully saturated rings. The van der Waals surface area contributed by atoms with Gasteiger partial charge in [-0.05, 0) is 49.4 Å². The van der Waals surface area contributed by atoms with Crippen LogP contribution in [0, 0.1) is 0 Å². The molecule has 2 aromatic carbocycles. The zero-order valence-electron chi connectivity index (χ0n) is 17.5. The third kappa shape index (κ3) is 5.33. The van der Waals surface area contributed by atoms with E-state index in [-0.39, 0.29) is 21.1 Å². The van der Waals surface area contributed by atoms with Gasteiger partial charge in [-0.3, -0.25) is 4.79 Å². The maximum atomic E-state index is 12.8. The number of carbonyl (C=O) groups is 1. The predicted molar refractivity (Wildman–Crippen MR) is 122 cm³/mol. The number of primary sulfonamides is 1. The Morgan fingerprint density at radius 2 is 1.72 bits per heavy atom. The van der Waals surface area contributed by atoms with Crippen molar-refractivity contribution in [1.82, 2.24) is 4.57 Å². The summed E-state index contributed by atoms with van der Waals surface area (Å²) in [5, 5.41) is 5.23. The van der Waals surface area contributed by atoms with Crippen molar-refractivity contribution >= 4 is 47.3 Å². The van der Waals surface area contributed by atoms with Crippen molar-refractivity contribution in [3.8, 4) is 0 Å². The molecule has 0 bridgehead atoms. The summed E-state index contributed by atoms with van der Waals surface area (Å²) in [7, 11) is -7.25. The smallest absolute Gasteiger partial charge is 0.279 e. The van der Waals surface area contributed by atoms with Crippen molar-refractivity contribution in [2.24, 2.45) is 10.1 Å². The van der Waals surface area contributed by atoms with Crippen molar-refractivity contribution < 1.29 is 26.4 Å². The molecule has 0 aliphatic carbocycles. The van der Waals surface area contributed by atoms with Crippen LogP contribution in [0.2, 0.25) is 0 Å². The number of sulfonamides is 1. The Balaban J connectivity index is 2.06. The molecule has 0 spiro atoms. The first-order valence-corrected chi connectivity index (χ1v) is 13.7. The first kappa shape index (κ1) is 24.3. The van der Waals surface area contributed by atoms with Crippen molar-refractivity contribution in [2.75, 3.05) is 19.0 Å². The molecule has 1 heterocycles. The summed E-state index contributed by atoms with van der Waals surface area (Å²) in [5.74, 6) is -0.582. The van der Waals surface area contributed by atoms with Crippen LogP contribution in [0.25, 0.3) is 10.2 Å². The molecule has 3 aromatic rings. The second-order valence-corrected chi connectivity index (χ2v) is 11.6. The molecule has 172 valence electrons. The standard InChI is InChI=1S/C20H23N3O6S3/c1-3-29-12-11-23-17-10-9-16(32(21,27)28)13-18(17)30-20(23)22-19(24)14-5-7-15(8-6-14)31(25,26)4-2/h5-10,13H,3-4,11-12H2,1-2H3,(H2,21,27,28). The number of amides is 1. The molecule has 0 aliphatic rings. The van der Waals surface area contributed by atoms with Crippen LogP contribution >= 0.6 is 11.3 Å². The summed E-state index contributed by atoms with van der Waals surface area (Å²) in [6, 6.07) is 10.1. The van der Waals surface area contributed by atoms with Gasteiger partial charge in [0.2, 0.25) is 10.0 Å². The second kappa shape index (κ2) is 9.63. The Morgan fingerprint density at radius 3 is 2.31 bits per heavy atom. The fourth-order valence-electron chi connectivity index (χ4n) is 2.96. The number of hydrogen-bond donors (Lipinski definition) is 1. The highest BCUT2D eigenvalue weighted by molar-refractivity contribution is 7.91. The van der Waals surface area contributed by atoms with Gasteiger partial charge >= 0.3 is 0 Å². The Kier molecular flexibility index (Phi) is 7.30. The highest BCUT2D eigenvalue weighted by Gasteiger charge is 2.15. The SMILES string of the molecule is CCOCCn1c(=NC(=O)c2ccc(S(=O)(=O)CC)cc2)sc2cc(S(N)(=O)=O)ccc21. The van der Waals surface area contributed by atoms with Crippen LogP contribution in [0.15, 0.2) is 57.2 Å². The fraction of sp³-hybridized carbons (Fsp3) is 0.300. The van der Waals surface area contributed by atoms with Gasteiger partial charge in [-0.15, -0.1) is 0 Å². The number of nitrogens with zero attached hydrogens (tertiary/aromatic N) is 2. The molecular weight excluding hydrogens is 474 g/mol. The van der Waals surface area contributed by atoms with Gasteiger partial charge in [-0.2, -0.15) is 4.99 Å². The number of ether oxygens (including phenoxy) is 1. The van der Waals surface area contributed by atoms with E-state index >= 15 is 0 Å². The van der Waals surface area contributed by atoms with Crippen molar-refractivity contribution in [1.29, 1.82) is 0 Å². The summed E-state index contributed by atoms with van der Waals surface area (Å²) in [4.78, 5) is 17.4. The normalized spacial score (nSPS) is 13.0. The van der Waals surface area contributed by atoms with E-state index in [2.05, 4.69) is 4.99 Å². The molecular formula is C20H23N3O6S3. The summed E-state index contributed by atoms with van der Waals surface area (Å²) < 4.78 is 55.1. The maximum Gasteiger partial charge on any atom is 0.279 e. The maximum absolute atomic E-state index is 12.8. The highest BCUT2D eigenvalue weighted by atomic mass is 32.2. The largest absolute Gasteiger partial charge is 0.380 e. The first-order chi connectivity index (χ1) is 15.1. The number of benzene rings is 2. The van der Waals surface area contributed by atoms with Gasteiger partial charge < -0.3 is 9.30 Å². The van der Waals surface area contributed by atoms with Gasteiger partial charge in [0.15, 0.2) is 14.6 Å². The number of rotatable bonds is 8. The fourth-order valence-corrected chi connectivity index (χ4v) is 5.55. The van der Waals surface area contributed by atoms with E-state index in [1.54, 1.807) is 17.6 Å². The summed E-state index contributed by atoms with van der Waals surface area (Å²) >= 11 is 1.15. The van der Waals surface area contributed by atoms with E-state index < -0.39 is 25.8 Å². The van der Waals surface area contributed by atoms with Crippen LogP contribution in [0.4, 0.5) is 0 Å². The molecule has 1 amide bonds. The Hall–Kier alpha value is -2.38. The highest BCUT2D eigenvalue weighted by Crippen LogP contribution is 2.21. The quantitative estimate of drug-likeness (QED) is 0.472. The minimum Gasteiger partial charge on any atom is -0.380 e. The minimum absolute atomic E-state index is 0.0335. The number of thiazole rings is 1. The van der Waals surface area contributed by atoms with Gasteiger partial charge in [-0.25, -0.2) is 22.0 Å². The summed E-state index contributed by atoms with van der Waals surface area (Å²) in [5.41, 5.74) is 0.928. The molecule has 2 N–H and O–H groups in total. The molecule has 32 heavy (non-hydrogen) atoms. The molecule has 1 aromatic heterocycles. The topological polar surface area (TPSA) is 138 Å². The Morgan fingerprint density at radius 1 is 1.06 bits per heavy atom. The number of nitrogens with two attached hydrogens (primary N) is 1. The molecule has 12 heteroatoms. The van der Waals surface area contributed by atoms with Gasteiger partial charge in [0.25, 0.3) is 5.91 Å². The van der Waals surface area contributed by atoms with Crippen LogP contribution in [-0.2, 0) is 31.1 Å². The lowest BCUT2D eigenvalue weighted by Crippen LogP contribution is -2.20. The van der Waals surface area contributed by atoms with Crippen LogP contribution in [0.1, 0.15) is 24.2 Å². The molecule has 0 saturated carbocycles. The number of fused-ring (bicyclic) bond motifs is 1. The average molecular weight is 498 g/mol. The van der Waals surface area contributed by atoms with Crippen LogP contribution in [-0.4, -0.2) is 46.3 Å². The second-order valence-electron chi connectivity index (χ2n) is 6.75. The predicted octanol–water partition coefficient (Wildman–Crippen LogP) is 1.92. The van der Waals surface area contributed by atoms with Crippen molar-refractivity contribution in [3.05, 3.63) is 52.8 Å². The summed E-state index contributed by atoms with van der Waals surface area (Å²) in [6.07, 6.45) is 0. The van der Waals surface area contributed by atoms with Crippen LogP contribution in [0.5, 0.6) is 0 Å². The van der Waals surface area contributed by atoms with Gasteiger partial charge in [0, 0.05) is 18.7 Å². The Labute approximate surface area is 190 Å². The minimum atomic E-state index is -3.88. The van der Waals surface area contributed by atoms with E-state index in [0.717, 1.165) is 11.3 Å². The molecule has 0 unspecified atom stereocenters. The van der Waals surface area contributed by atoms with Crippen molar-refractivity contribution in [2.45, 2.75) is 30.2 Å². The third-order valence-electron chi connectivity index (χ3n) is 4.68. The molecule has 0 atom stereocenters. The lowest BCUT2D eigenvalue weighted by molar-refractivity contribution is 0.0996. The van der Waals surface area contributed by atoms with Crippen molar-refractivity contribution in [3.63, 3.8) is 0 Å². The molecule has 0 aliphatic heterocycles. The molecule has 0 radical (unpaired) electrons. The average Bonchev–Trinajstić information content (AvgIpc) is 3.09. The number of sulfone groups is 1. The Bertz CT molecular complexity index is 1420.